The van der Waals surface area contributed by atoms with Gasteiger partial charge in [-0.25, -0.2) is 13.4 Å². The molecule has 0 N–H and O–H groups in total. The molecule has 0 aliphatic carbocycles. The Kier molecular flexibility index (Phi) is 3.39. The quantitative estimate of drug-likeness (QED) is 0.800. The van der Waals surface area contributed by atoms with Gasteiger partial charge in [0.1, 0.15) is 0 Å². The van der Waals surface area contributed by atoms with Crippen LogP contribution in [0.1, 0.15) is 23.9 Å². The average molecular weight is 307 g/mol. The number of rotatable bonds is 3. The maximum absolute atomic E-state index is 11.4. The largest absolute Gasteiger partial charge is 0.334 e. The van der Waals surface area contributed by atoms with Gasteiger partial charge in [-0.15, -0.1) is 0 Å². The Labute approximate surface area is 104 Å². The molecule has 1 aliphatic rings. The summed E-state index contributed by atoms with van der Waals surface area (Å²) in [6, 6.07) is 0. The van der Waals surface area contributed by atoms with E-state index in [-0.39, 0.29) is 16.5 Å². The van der Waals surface area contributed by atoms with Gasteiger partial charge >= 0.3 is 0 Å². The standard InChI is InChI=1S/C10H15BrN2O2S/c1-2-13-7-12-5-9(13)10(11)8-3-4-16(14,15)6-8/h5,7-8,10H,2-4,6H2,1H3. The van der Waals surface area contributed by atoms with E-state index in [1.165, 1.54) is 0 Å². The maximum Gasteiger partial charge on any atom is 0.150 e. The van der Waals surface area contributed by atoms with E-state index in [4.69, 9.17) is 0 Å². The summed E-state index contributed by atoms with van der Waals surface area (Å²) in [7, 11) is -2.81. The van der Waals surface area contributed by atoms with Gasteiger partial charge < -0.3 is 4.57 Å². The molecule has 2 atom stereocenters. The number of aromatic nitrogens is 2. The summed E-state index contributed by atoms with van der Waals surface area (Å²) in [6.07, 6.45) is 4.34. The Morgan fingerprint density at radius 1 is 1.69 bits per heavy atom. The molecule has 1 aliphatic heterocycles. The molecule has 0 aromatic carbocycles. The highest BCUT2D eigenvalue weighted by molar-refractivity contribution is 9.09. The van der Waals surface area contributed by atoms with Crippen molar-refractivity contribution >= 4 is 25.8 Å². The molecule has 6 heteroatoms. The molecule has 16 heavy (non-hydrogen) atoms. The van der Waals surface area contributed by atoms with Crippen LogP contribution in [0.5, 0.6) is 0 Å². The highest BCUT2D eigenvalue weighted by Gasteiger charge is 2.34. The summed E-state index contributed by atoms with van der Waals surface area (Å²) in [5.41, 5.74) is 1.07. The Hall–Kier alpha value is -0.360. The molecule has 2 rings (SSSR count). The van der Waals surface area contributed by atoms with Crippen molar-refractivity contribution < 1.29 is 8.42 Å². The summed E-state index contributed by atoms with van der Waals surface area (Å²) in [5, 5.41) is 0. The van der Waals surface area contributed by atoms with E-state index >= 15 is 0 Å². The Morgan fingerprint density at radius 2 is 2.44 bits per heavy atom. The van der Waals surface area contributed by atoms with Crippen molar-refractivity contribution in [3.8, 4) is 0 Å². The Bertz CT molecular complexity index is 469. The molecular formula is C10H15BrN2O2S. The lowest BCUT2D eigenvalue weighted by Crippen LogP contribution is -2.13. The normalized spacial score (nSPS) is 25.8. The van der Waals surface area contributed by atoms with Gasteiger partial charge in [0.25, 0.3) is 0 Å². The zero-order valence-electron chi connectivity index (χ0n) is 9.13. The minimum Gasteiger partial charge on any atom is -0.334 e. The molecule has 1 aromatic heterocycles. The zero-order valence-corrected chi connectivity index (χ0v) is 11.5. The molecular weight excluding hydrogens is 292 g/mol. The molecule has 1 aromatic rings. The molecule has 0 saturated carbocycles. The first-order valence-corrected chi connectivity index (χ1v) is 8.11. The van der Waals surface area contributed by atoms with Crippen molar-refractivity contribution in [2.45, 2.75) is 24.7 Å². The summed E-state index contributed by atoms with van der Waals surface area (Å²) < 4.78 is 24.9. The van der Waals surface area contributed by atoms with Crippen molar-refractivity contribution in [2.75, 3.05) is 11.5 Å². The number of imidazole rings is 1. The molecule has 0 radical (unpaired) electrons. The summed E-state index contributed by atoms with van der Waals surface area (Å²) >= 11 is 3.61. The van der Waals surface area contributed by atoms with Crippen molar-refractivity contribution in [1.29, 1.82) is 0 Å². The summed E-state index contributed by atoms with van der Waals surface area (Å²) in [4.78, 5) is 4.20. The molecule has 0 spiro atoms. The van der Waals surface area contributed by atoms with E-state index in [1.807, 2.05) is 10.8 Å². The fourth-order valence-corrected chi connectivity index (χ4v) is 5.04. The molecule has 0 bridgehead atoms. The second kappa shape index (κ2) is 4.49. The second-order valence-electron chi connectivity index (χ2n) is 4.17. The highest BCUT2D eigenvalue weighted by Crippen LogP contribution is 2.37. The average Bonchev–Trinajstić information content (AvgIpc) is 2.82. The van der Waals surface area contributed by atoms with Crippen LogP contribution in [0.2, 0.25) is 0 Å². The number of alkyl halides is 1. The van der Waals surface area contributed by atoms with E-state index < -0.39 is 9.84 Å². The van der Waals surface area contributed by atoms with Crippen molar-refractivity contribution in [3.05, 3.63) is 18.2 Å². The van der Waals surface area contributed by atoms with Gasteiger partial charge in [-0.2, -0.15) is 0 Å². The molecule has 4 nitrogen and oxygen atoms in total. The molecule has 1 saturated heterocycles. The van der Waals surface area contributed by atoms with Crippen LogP contribution in [0.4, 0.5) is 0 Å². The van der Waals surface area contributed by atoms with Gasteiger partial charge in [0.05, 0.1) is 28.4 Å². The monoisotopic (exact) mass is 306 g/mol. The minimum atomic E-state index is -2.81. The minimum absolute atomic E-state index is 0.0900. The predicted molar refractivity (Wildman–Crippen MR) is 66.3 cm³/mol. The van der Waals surface area contributed by atoms with Gasteiger partial charge in [0.15, 0.2) is 9.84 Å². The number of nitrogens with zero attached hydrogens (tertiary/aromatic N) is 2. The lowest BCUT2D eigenvalue weighted by Gasteiger charge is -2.17. The van der Waals surface area contributed by atoms with E-state index in [1.54, 1.807) is 6.33 Å². The molecule has 90 valence electrons. The van der Waals surface area contributed by atoms with Gasteiger partial charge in [-0.3, -0.25) is 0 Å². The lowest BCUT2D eigenvalue weighted by molar-refractivity contribution is 0.553. The maximum atomic E-state index is 11.4. The Balaban J connectivity index is 2.17. The van der Waals surface area contributed by atoms with Gasteiger partial charge in [0, 0.05) is 12.7 Å². The van der Waals surface area contributed by atoms with Crippen LogP contribution in [0, 0.1) is 5.92 Å². The van der Waals surface area contributed by atoms with Gasteiger partial charge in [-0.05, 0) is 19.3 Å². The number of aryl methyl sites for hydroxylation is 1. The van der Waals surface area contributed by atoms with Crippen molar-refractivity contribution in [3.63, 3.8) is 0 Å². The predicted octanol–water partition coefficient (Wildman–Crippen LogP) is 1.77. The smallest absolute Gasteiger partial charge is 0.150 e. The van der Waals surface area contributed by atoms with Crippen LogP contribution in [0.3, 0.4) is 0 Å². The third-order valence-corrected chi connectivity index (χ3v) is 6.06. The molecule has 1 fully saturated rings. The number of halogens is 1. The third-order valence-electron chi connectivity index (χ3n) is 3.05. The fraction of sp³-hybridized carbons (Fsp3) is 0.700. The van der Waals surface area contributed by atoms with Crippen LogP contribution in [-0.2, 0) is 16.4 Å². The zero-order chi connectivity index (χ0) is 11.8. The molecule has 2 heterocycles. The Morgan fingerprint density at radius 3 is 3.00 bits per heavy atom. The van der Waals surface area contributed by atoms with Crippen molar-refractivity contribution in [1.82, 2.24) is 9.55 Å². The first kappa shape index (κ1) is 12.1. The van der Waals surface area contributed by atoms with Crippen LogP contribution in [0.25, 0.3) is 0 Å². The fourth-order valence-electron chi connectivity index (χ4n) is 2.12. The third kappa shape index (κ3) is 2.32. The second-order valence-corrected chi connectivity index (χ2v) is 7.38. The van der Waals surface area contributed by atoms with Gasteiger partial charge in [-0.1, -0.05) is 15.9 Å². The van der Waals surface area contributed by atoms with Crippen LogP contribution in [-0.4, -0.2) is 29.5 Å². The van der Waals surface area contributed by atoms with Crippen LogP contribution < -0.4 is 0 Å². The highest BCUT2D eigenvalue weighted by atomic mass is 79.9. The van der Waals surface area contributed by atoms with E-state index in [0.717, 1.165) is 18.7 Å². The number of hydrogen-bond acceptors (Lipinski definition) is 3. The van der Waals surface area contributed by atoms with Gasteiger partial charge in [0.2, 0.25) is 0 Å². The summed E-state index contributed by atoms with van der Waals surface area (Å²) in [6.45, 7) is 2.91. The van der Waals surface area contributed by atoms with Crippen LogP contribution in [0.15, 0.2) is 12.5 Å². The summed E-state index contributed by atoms with van der Waals surface area (Å²) in [5.74, 6) is 0.782. The van der Waals surface area contributed by atoms with Crippen molar-refractivity contribution in [2.24, 2.45) is 5.92 Å². The number of hydrogen-bond donors (Lipinski definition) is 0. The number of sulfone groups is 1. The molecule has 2 unspecified atom stereocenters. The first-order chi connectivity index (χ1) is 7.53. The SMILES string of the molecule is CCn1cncc1C(Br)C1CCS(=O)(=O)C1. The lowest BCUT2D eigenvalue weighted by atomic mass is 10.0. The van der Waals surface area contributed by atoms with E-state index in [2.05, 4.69) is 27.8 Å². The molecule has 0 amide bonds. The topological polar surface area (TPSA) is 52.0 Å². The first-order valence-electron chi connectivity index (χ1n) is 5.38. The van der Waals surface area contributed by atoms with E-state index in [0.29, 0.717) is 5.75 Å². The van der Waals surface area contributed by atoms with Crippen LogP contribution >= 0.6 is 15.9 Å². The van der Waals surface area contributed by atoms with E-state index in [9.17, 15) is 8.42 Å².